The van der Waals surface area contributed by atoms with E-state index >= 15 is 0 Å². The number of carbonyl (C=O) groups excluding carboxylic acids is 3. The third kappa shape index (κ3) is 8.75. The summed E-state index contributed by atoms with van der Waals surface area (Å²) in [5.74, 6) is -0.372. The molecule has 14 nitrogen and oxygen atoms in total. The second-order valence-corrected chi connectivity index (χ2v) is 20.4. The van der Waals surface area contributed by atoms with Gasteiger partial charge in [0, 0.05) is 99.2 Å². The number of nitrogens with zero attached hydrogens (tertiary/aromatic N) is 6. The number of hydrazine groups is 1. The first-order chi connectivity index (χ1) is 30.3. The van der Waals surface area contributed by atoms with E-state index in [1.807, 2.05) is 6.20 Å². The van der Waals surface area contributed by atoms with Crippen LogP contribution in [0.25, 0.3) is 33.4 Å². The number of pyridine rings is 1. The standard InChI is InChI=1S/C48H64N8O6S/c1-28-29(2)41(28)45(58)51-38-23-40-50-39(26-63-40)32-20-31-10-7-13-55-43(31)34(21-32)36(24-48(4,5)27-62-47(60)37-11-8-14-56(52-37)46(38)59)44(55)35-22-33(25-49-42(35)30(3)61-6)54-17-15-53(16-18-54)12-9-19-57/h20-22,25-26,28-30,37-38,41,52,57H,7-19,23-24,27H2,1-6H3,(H,51,58)/t28-,29+,30-,37-,38-,41?/m0/s1. The Morgan fingerprint density at radius 1 is 1.10 bits per heavy atom. The molecule has 1 aromatic carbocycles. The molecule has 15 heteroatoms. The predicted molar refractivity (Wildman–Crippen MR) is 244 cm³/mol. The van der Waals surface area contributed by atoms with Gasteiger partial charge in [-0.15, -0.1) is 11.3 Å². The molecule has 3 aromatic heterocycles. The van der Waals surface area contributed by atoms with Gasteiger partial charge in [-0.1, -0.05) is 27.7 Å². The number of anilines is 1. The van der Waals surface area contributed by atoms with Crippen LogP contribution < -0.4 is 15.6 Å². The maximum Gasteiger partial charge on any atom is 0.324 e. The van der Waals surface area contributed by atoms with Crippen LogP contribution in [0.5, 0.6) is 0 Å². The van der Waals surface area contributed by atoms with Crippen LogP contribution >= 0.6 is 11.3 Å². The Morgan fingerprint density at radius 2 is 1.89 bits per heavy atom. The molecule has 0 radical (unpaired) electrons. The predicted octanol–water partition coefficient (Wildman–Crippen LogP) is 5.54. The number of esters is 1. The molecule has 6 atom stereocenters. The summed E-state index contributed by atoms with van der Waals surface area (Å²) in [4.78, 5) is 56.9. The van der Waals surface area contributed by atoms with Crippen LogP contribution in [0.15, 0.2) is 29.8 Å². The number of aliphatic hydroxyl groups excluding tert-OH is 1. The lowest BCUT2D eigenvalue weighted by Gasteiger charge is -2.36. The van der Waals surface area contributed by atoms with Gasteiger partial charge < -0.3 is 29.4 Å². The van der Waals surface area contributed by atoms with Crippen molar-refractivity contribution >= 4 is 45.7 Å². The molecule has 1 unspecified atom stereocenters. The minimum Gasteiger partial charge on any atom is -0.464 e. The molecule has 7 heterocycles. The highest BCUT2D eigenvalue weighted by atomic mass is 32.1. The highest BCUT2D eigenvalue weighted by Gasteiger charge is 2.49. The van der Waals surface area contributed by atoms with Crippen molar-refractivity contribution in [2.45, 2.75) is 104 Å². The summed E-state index contributed by atoms with van der Waals surface area (Å²) in [5, 5.41) is 18.0. The Bertz CT molecular complexity index is 2360. The lowest BCUT2D eigenvalue weighted by atomic mass is 9.84. The van der Waals surface area contributed by atoms with E-state index < -0.39 is 17.5 Å². The van der Waals surface area contributed by atoms with E-state index in [0.29, 0.717) is 25.8 Å². The number of rotatable bonds is 9. The number of ether oxygens (including phenoxy) is 2. The highest BCUT2D eigenvalue weighted by molar-refractivity contribution is 7.10. The zero-order chi connectivity index (χ0) is 44.2. The molecule has 63 heavy (non-hydrogen) atoms. The molecule has 4 aromatic rings. The first-order valence-electron chi connectivity index (χ1n) is 23.1. The van der Waals surface area contributed by atoms with Gasteiger partial charge in [-0.2, -0.15) is 0 Å². The zero-order valence-corrected chi connectivity index (χ0v) is 38.6. The Morgan fingerprint density at radius 3 is 2.63 bits per heavy atom. The molecule has 9 rings (SSSR count). The topological polar surface area (TPSA) is 154 Å². The number of cyclic esters (lactones) is 1. The van der Waals surface area contributed by atoms with E-state index in [0.717, 1.165) is 103 Å². The number of aliphatic hydroxyl groups is 1. The molecule has 3 N–H and O–H groups in total. The summed E-state index contributed by atoms with van der Waals surface area (Å²) < 4.78 is 14.7. The van der Waals surface area contributed by atoms with Crippen LogP contribution in [0.2, 0.25) is 0 Å². The molecular formula is C48H64N8O6S. The van der Waals surface area contributed by atoms with E-state index in [1.165, 1.54) is 33.0 Å². The van der Waals surface area contributed by atoms with Gasteiger partial charge in [0.25, 0.3) is 5.91 Å². The minimum absolute atomic E-state index is 0.111. The SMILES string of the molecule is CO[C@@H](C)c1ncc(N2CCN(CCCO)CC2)cc1-c1c2c3cc(cc4c3n1CCC4)-c1csc(n1)C[C@H](NC(=O)C1[C@@H](C)[C@H]1C)C(=O)N1CCC[C@H](N1)C(=O)OCC(C)(C)C2. The largest absolute Gasteiger partial charge is 0.464 e. The molecule has 2 saturated heterocycles. The number of hydrogen-bond acceptors (Lipinski definition) is 12. The molecule has 4 aliphatic heterocycles. The average molecular weight is 881 g/mol. The molecule has 6 bridgehead atoms. The highest BCUT2D eigenvalue weighted by Crippen LogP contribution is 2.47. The van der Waals surface area contributed by atoms with Gasteiger partial charge in [-0.3, -0.25) is 29.3 Å². The number of amides is 2. The van der Waals surface area contributed by atoms with Crippen LogP contribution in [-0.4, -0.2) is 119 Å². The first kappa shape index (κ1) is 43.8. The average Bonchev–Trinajstić information content (AvgIpc) is 3.54. The molecule has 2 amide bonds. The number of piperazine rings is 1. The summed E-state index contributed by atoms with van der Waals surface area (Å²) in [6.07, 6.45) is 6.45. The number of carbonyl (C=O) groups is 3. The molecule has 3 fully saturated rings. The van der Waals surface area contributed by atoms with Gasteiger partial charge in [0.15, 0.2) is 0 Å². The normalized spacial score (nSPS) is 25.7. The van der Waals surface area contributed by atoms with Crippen molar-refractivity contribution in [2.24, 2.45) is 23.2 Å². The number of fused-ring (bicyclic) bond motifs is 6. The van der Waals surface area contributed by atoms with Crippen LogP contribution in [-0.2, 0) is 49.7 Å². The Labute approximate surface area is 374 Å². The monoisotopic (exact) mass is 880 g/mol. The number of aromatic nitrogens is 3. The molecule has 338 valence electrons. The Balaban J connectivity index is 1.16. The van der Waals surface area contributed by atoms with Gasteiger partial charge in [0.2, 0.25) is 5.91 Å². The van der Waals surface area contributed by atoms with Crippen LogP contribution in [0.4, 0.5) is 5.69 Å². The second kappa shape index (κ2) is 17.9. The fraction of sp³-hybridized carbons (Fsp3) is 0.604. The molecule has 0 spiro atoms. The lowest BCUT2D eigenvalue weighted by Crippen LogP contribution is -2.60. The van der Waals surface area contributed by atoms with Crippen LogP contribution in [0.1, 0.15) is 88.2 Å². The van der Waals surface area contributed by atoms with E-state index in [-0.39, 0.29) is 61.3 Å². The quantitative estimate of drug-likeness (QED) is 0.182. The van der Waals surface area contributed by atoms with Crippen molar-refractivity contribution < 1.29 is 29.0 Å². The van der Waals surface area contributed by atoms with E-state index in [4.69, 9.17) is 19.4 Å². The van der Waals surface area contributed by atoms with Crippen molar-refractivity contribution in [1.29, 1.82) is 0 Å². The smallest absolute Gasteiger partial charge is 0.324 e. The van der Waals surface area contributed by atoms with Crippen molar-refractivity contribution in [2.75, 3.05) is 64.5 Å². The van der Waals surface area contributed by atoms with Crippen molar-refractivity contribution in [3.63, 3.8) is 0 Å². The molecule has 1 saturated carbocycles. The van der Waals surface area contributed by atoms with Crippen LogP contribution in [0, 0.1) is 23.2 Å². The van der Waals surface area contributed by atoms with Crippen LogP contribution in [0.3, 0.4) is 0 Å². The maximum absolute atomic E-state index is 14.3. The molecule has 5 aliphatic rings. The number of thiazole rings is 1. The summed E-state index contributed by atoms with van der Waals surface area (Å²) >= 11 is 1.51. The first-order valence-corrected chi connectivity index (χ1v) is 24.0. The van der Waals surface area contributed by atoms with Gasteiger partial charge in [-0.25, -0.2) is 10.4 Å². The summed E-state index contributed by atoms with van der Waals surface area (Å²) in [6, 6.07) is 5.36. The minimum atomic E-state index is -0.841. The Hall–Kier alpha value is -4.41. The molecular weight excluding hydrogens is 817 g/mol. The zero-order valence-electron chi connectivity index (χ0n) is 37.7. The maximum atomic E-state index is 14.3. The van der Waals surface area contributed by atoms with Gasteiger partial charge in [-0.05, 0) is 86.6 Å². The fourth-order valence-electron chi connectivity index (χ4n) is 10.4. The summed E-state index contributed by atoms with van der Waals surface area (Å²) in [7, 11) is 1.73. The van der Waals surface area contributed by atoms with Gasteiger partial charge in [0.05, 0.1) is 52.2 Å². The van der Waals surface area contributed by atoms with Gasteiger partial charge in [0.1, 0.15) is 12.1 Å². The van der Waals surface area contributed by atoms with Crippen molar-refractivity contribution in [3.8, 4) is 22.5 Å². The van der Waals surface area contributed by atoms with E-state index in [1.54, 1.807) is 7.11 Å². The summed E-state index contributed by atoms with van der Waals surface area (Å²) in [6.45, 7) is 16.7. The number of aryl methyl sites for hydroxylation is 2. The fourth-order valence-corrected chi connectivity index (χ4v) is 11.3. The van der Waals surface area contributed by atoms with Crippen molar-refractivity contribution in [1.82, 2.24) is 35.2 Å². The third-order valence-electron chi connectivity index (χ3n) is 14.4. The van der Waals surface area contributed by atoms with E-state index in [2.05, 4.69) is 83.3 Å². The molecule has 1 aliphatic carbocycles. The number of methoxy groups -OCH3 is 1. The number of hydrogen-bond donors (Lipinski definition) is 3. The van der Waals surface area contributed by atoms with Crippen molar-refractivity contribution in [3.05, 3.63) is 51.6 Å². The number of benzene rings is 1. The summed E-state index contributed by atoms with van der Waals surface area (Å²) in [5.41, 5.74) is 12.4. The van der Waals surface area contributed by atoms with E-state index in [9.17, 15) is 19.5 Å². The van der Waals surface area contributed by atoms with Gasteiger partial charge >= 0.3 is 5.97 Å². The Kier molecular flexibility index (Phi) is 12.4. The number of nitrogens with one attached hydrogen (secondary N) is 2. The third-order valence-corrected chi connectivity index (χ3v) is 15.3. The lowest BCUT2D eigenvalue weighted by molar-refractivity contribution is -0.155. The second-order valence-electron chi connectivity index (χ2n) is 19.4.